The number of aromatic nitrogens is 2. The number of rotatable bonds is 4. The summed E-state index contributed by atoms with van der Waals surface area (Å²) in [4.78, 5) is 8.24. The molecule has 0 aliphatic heterocycles. The van der Waals surface area contributed by atoms with Gasteiger partial charge in [-0.3, -0.25) is 0 Å². The molecule has 0 aliphatic rings. The molecule has 0 saturated heterocycles. The van der Waals surface area contributed by atoms with Crippen LogP contribution in [0.2, 0.25) is 10.0 Å². The number of aryl methyl sites for hydroxylation is 1. The molecule has 0 amide bonds. The summed E-state index contributed by atoms with van der Waals surface area (Å²) in [5.41, 5.74) is 1.95. The lowest BCUT2D eigenvalue weighted by Crippen LogP contribution is -2.00. The van der Waals surface area contributed by atoms with Gasteiger partial charge in [0.15, 0.2) is 0 Å². The molecule has 112 valence electrons. The van der Waals surface area contributed by atoms with Crippen LogP contribution in [0.3, 0.4) is 0 Å². The second-order valence-electron chi connectivity index (χ2n) is 4.99. The fraction of sp³-hybridized carbons (Fsp3) is 0.333. The van der Waals surface area contributed by atoms with E-state index in [2.05, 4.69) is 29.1 Å². The third kappa shape index (κ3) is 3.57. The lowest BCUT2D eigenvalue weighted by Gasteiger charge is -2.14. The Hall–Kier alpha value is -1.52. The van der Waals surface area contributed by atoms with Crippen molar-refractivity contribution in [1.82, 2.24) is 9.97 Å². The lowest BCUT2D eigenvalue weighted by atomic mass is 10.0. The van der Waals surface area contributed by atoms with Crippen LogP contribution in [-0.4, -0.2) is 17.0 Å². The summed E-state index contributed by atoms with van der Waals surface area (Å²) in [6.45, 7) is 6.09. The van der Waals surface area contributed by atoms with Gasteiger partial charge >= 0.3 is 0 Å². The monoisotopic (exact) mass is 325 g/mol. The summed E-state index contributed by atoms with van der Waals surface area (Å²) in [5, 5.41) is 3.94. The van der Waals surface area contributed by atoms with Crippen molar-refractivity contribution in [3.8, 4) is 11.6 Å². The number of nitrogens with zero attached hydrogens (tertiary/aromatic N) is 2. The Morgan fingerprint density at radius 2 is 1.90 bits per heavy atom. The molecule has 1 N–H and O–H groups in total. The summed E-state index contributed by atoms with van der Waals surface area (Å²) >= 11 is 12.3. The zero-order valence-electron chi connectivity index (χ0n) is 12.4. The Morgan fingerprint density at radius 3 is 2.52 bits per heavy atom. The predicted molar refractivity (Wildman–Crippen MR) is 86.9 cm³/mol. The molecule has 1 aromatic heterocycles. The number of hydrogen-bond acceptors (Lipinski definition) is 4. The molecule has 0 radical (unpaired) electrons. The van der Waals surface area contributed by atoms with Crippen LogP contribution >= 0.6 is 23.2 Å². The van der Waals surface area contributed by atoms with Gasteiger partial charge in [-0.1, -0.05) is 37.0 Å². The number of benzene rings is 1. The Balaban J connectivity index is 2.42. The Kier molecular flexibility index (Phi) is 4.91. The third-order valence-electron chi connectivity index (χ3n) is 3.06. The van der Waals surface area contributed by atoms with Gasteiger partial charge in [0.25, 0.3) is 0 Å². The van der Waals surface area contributed by atoms with Crippen molar-refractivity contribution >= 4 is 29.2 Å². The molecule has 4 nitrogen and oxygen atoms in total. The first-order valence-corrected chi connectivity index (χ1v) is 7.36. The molecule has 1 heterocycles. The maximum atomic E-state index is 6.26. The molecular weight excluding hydrogens is 309 g/mol. The number of ether oxygens (including phenoxy) is 1. The van der Waals surface area contributed by atoms with Crippen molar-refractivity contribution in [3.05, 3.63) is 39.5 Å². The molecule has 0 saturated carbocycles. The lowest BCUT2D eigenvalue weighted by molar-refractivity contribution is 0.458. The van der Waals surface area contributed by atoms with Crippen LogP contribution in [-0.2, 0) is 0 Å². The average Bonchev–Trinajstić information content (AvgIpc) is 2.43. The topological polar surface area (TPSA) is 47.0 Å². The molecule has 0 bridgehead atoms. The summed E-state index contributed by atoms with van der Waals surface area (Å²) in [6, 6.07) is 3.82. The third-order valence-corrected chi connectivity index (χ3v) is 3.65. The van der Waals surface area contributed by atoms with Gasteiger partial charge in [-0.05, 0) is 36.1 Å². The van der Waals surface area contributed by atoms with Crippen LogP contribution in [0.15, 0.2) is 18.3 Å². The smallest absolute Gasteiger partial charge is 0.243 e. The largest absolute Gasteiger partial charge is 0.437 e. The molecule has 0 aliphatic carbocycles. The minimum absolute atomic E-state index is 0.300. The zero-order chi connectivity index (χ0) is 15.6. The van der Waals surface area contributed by atoms with Crippen LogP contribution in [0.5, 0.6) is 11.6 Å². The maximum Gasteiger partial charge on any atom is 0.243 e. The summed E-state index contributed by atoms with van der Waals surface area (Å²) in [7, 11) is 1.73. The molecule has 0 atom stereocenters. The molecule has 6 heteroatoms. The van der Waals surface area contributed by atoms with Gasteiger partial charge in [-0.2, -0.15) is 4.98 Å². The van der Waals surface area contributed by atoms with Gasteiger partial charge in [0.2, 0.25) is 11.8 Å². The standard InChI is InChI=1S/C15H17Cl2N3O/c1-8(2)10-6-13(9(3)5-11(10)16)21-14-12(17)7-19-15(18-4)20-14/h5-8H,1-4H3,(H,18,19,20). The molecule has 0 spiro atoms. The van der Waals surface area contributed by atoms with Crippen molar-refractivity contribution in [3.63, 3.8) is 0 Å². The van der Waals surface area contributed by atoms with Crippen LogP contribution in [0.4, 0.5) is 5.95 Å². The van der Waals surface area contributed by atoms with Crippen molar-refractivity contribution < 1.29 is 4.74 Å². The fourth-order valence-electron chi connectivity index (χ4n) is 1.87. The molecule has 2 rings (SSSR count). The summed E-state index contributed by atoms with van der Waals surface area (Å²) < 4.78 is 5.85. The number of hydrogen-bond donors (Lipinski definition) is 1. The highest BCUT2D eigenvalue weighted by Crippen LogP contribution is 2.35. The van der Waals surface area contributed by atoms with E-state index >= 15 is 0 Å². The number of anilines is 1. The van der Waals surface area contributed by atoms with Gasteiger partial charge in [0, 0.05) is 12.1 Å². The predicted octanol–water partition coefficient (Wildman–Crippen LogP) is 5.05. The van der Waals surface area contributed by atoms with Crippen LogP contribution in [0, 0.1) is 6.92 Å². The Bertz CT molecular complexity index is 660. The van der Waals surface area contributed by atoms with E-state index < -0.39 is 0 Å². The summed E-state index contributed by atoms with van der Waals surface area (Å²) in [6.07, 6.45) is 1.50. The molecule has 0 fully saturated rings. The maximum absolute atomic E-state index is 6.26. The van der Waals surface area contributed by atoms with E-state index in [4.69, 9.17) is 27.9 Å². The van der Waals surface area contributed by atoms with Gasteiger partial charge < -0.3 is 10.1 Å². The van der Waals surface area contributed by atoms with Gasteiger partial charge in [-0.15, -0.1) is 0 Å². The molecular formula is C15H17Cl2N3O. The van der Waals surface area contributed by atoms with Crippen LogP contribution in [0.1, 0.15) is 30.9 Å². The van der Waals surface area contributed by atoms with E-state index in [9.17, 15) is 0 Å². The van der Waals surface area contributed by atoms with E-state index in [1.807, 2.05) is 19.1 Å². The van der Waals surface area contributed by atoms with Crippen LogP contribution < -0.4 is 10.1 Å². The minimum Gasteiger partial charge on any atom is -0.437 e. The number of nitrogens with one attached hydrogen (secondary N) is 1. The van der Waals surface area contributed by atoms with Crippen molar-refractivity contribution in [2.75, 3.05) is 12.4 Å². The first kappa shape index (κ1) is 15.9. The second kappa shape index (κ2) is 6.50. The first-order chi connectivity index (χ1) is 9.92. The van der Waals surface area contributed by atoms with Crippen molar-refractivity contribution in [2.24, 2.45) is 0 Å². The molecule has 2 aromatic rings. The minimum atomic E-state index is 0.300. The highest BCUT2D eigenvalue weighted by atomic mass is 35.5. The van der Waals surface area contributed by atoms with E-state index in [0.29, 0.717) is 28.5 Å². The van der Waals surface area contributed by atoms with E-state index in [1.54, 1.807) is 7.05 Å². The van der Waals surface area contributed by atoms with E-state index in [1.165, 1.54) is 6.20 Å². The number of halogens is 2. The summed E-state index contributed by atoms with van der Waals surface area (Å²) in [5.74, 6) is 1.75. The van der Waals surface area contributed by atoms with Crippen molar-refractivity contribution in [2.45, 2.75) is 26.7 Å². The van der Waals surface area contributed by atoms with Gasteiger partial charge in [0.05, 0.1) is 6.20 Å². The Morgan fingerprint density at radius 1 is 1.19 bits per heavy atom. The van der Waals surface area contributed by atoms with E-state index in [0.717, 1.165) is 16.1 Å². The zero-order valence-corrected chi connectivity index (χ0v) is 13.9. The average molecular weight is 326 g/mol. The quantitative estimate of drug-likeness (QED) is 0.854. The van der Waals surface area contributed by atoms with E-state index in [-0.39, 0.29) is 0 Å². The first-order valence-electron chi connectivity index (χ1n) is 6.60. The molecule has 1 aromatic carbocycles. The van der Waals surface area contributed by atoms with Crippen LogP contribution in [0.25, 0.3) is 0 Å². The van der Waals surface area contributed by atoms with Crippen molar-refractivity contribution in [1.29, 1.82) is 0 Å². The highest BCUT2D eigenvalue weighted by molar-refractivity contribution is 6.32. The van der Waals surface area contributed by atoms with Gasteiger partial charge in [0.1, 0.15) is 10.8 Å². The SMILES string of the molecule is CNc1ncc(Cl)c(Oc2cc(C(C)C)c(Cl)cc2C)n1. The molecule has 21 heavy (non-hydrogen) atoms. The second-order valence-corrected chi connectivity index (χ2v) is 5.81. The normalized spacial score (nSPS) is 10.8. The molecule has 0 unspecified atom stereocenters. The van der Waals surface area contributed by atoms with Gasteiger partial charge in [-0.25, -0.2) is 4.98 Å². The fourth-order valence-corrected chi connectivity index (χ4v) is 2.43. The highest BCUT2D eigenvalue weighted by Gasteiger charge is 2.13. The Labute approximate surface area is 134 Å².